The van der Waals surface area contributed by atoms with Crippen LogP contribution >= 0.6 is 0 Å². The Labute approximate surface area is 214 Å². The van der Waals surface area contributed by atoms with E-state index < -0.39 is 0 Å². The first kappa shape index (κ1) is 24.7. The van der Waals surface area contributed by atoms with Crippen LogP contribution in [0.2, 0.25) is 0 Å². The summed E-state index contributed by atoms with van der Waals surface area (Å²) in [4.78, 5) is 15.1. The number of nitrogens with zero attached hydrogens (tertiary/aromatic N) is 3. The molecule has 1 atom stereocenters. The second-order valence-corrected chi connectivity index (χ2v) is 9.44. The number of benzene rings is 2. The van der Waals surface area contributed by atoms with Crippen LogP contribution in [0, 0.1) is 11.7 Å². The van der Waals surface area contributed by atoms with E-state index in [0.29, 0.717) is 29.5 Å². The highest BCUT2D eigenvalue weighted by Gasteiger charge is 2.20. The van der Waals surface area contributed by atoms with Crippen molar-refractivity contribution in [3.8, 4) is 22.5 Å². The van der Waals surface area contributed by atoms with Gasteiger partial charge >= 0.3 is 6.03 Å². The van der Waals surface area contributed by atoms with Crippen LogP contribution < -0.4 is 10.6 Å². The molecule has 1 fully saturated rings. The van der Waals surface area contributed by atoms with Gasteiger partial charge in [-0.1, -0.05) is 22.4 Å². The molecular formula is C28H30FN5O3. The maximum Gasteiger partial charge on any atom is 0.319 e. The molecule has 0 unspecified atom stereocenters. The van der Waals surface area contributed by atoms with Gasteiger partial charge < -0.3 is 24.6 Å². The van der Waals surface area contributed by atoms with E-state index >= 15 is 0 Å². The van der Waals surface area contributed by atoms with E-state index in [-0.39, 0.29) is 11.8 Å². The molecule has 3 heterocycles. The number of halogens is 1. The van der Waals surface area contributed by atoms with E-state index in [0.717, 1.165) is 50.0 Å². The Hall–Kier alpha value is -3.98. The summed E-state index contributed by atoms with van der Waals surface area (Å²) < 4.78 is 23.1. The number of rotatable bonds is 9. The van der Waals surface area contributed by atoms with Gasteiger partial charge in [0.1, 0.15) is 29.7 Å². The number of amides is 2. The molecule has 0 aliphatic carbocycles. The van der Waals surface area contributed by atoms with Crippen molar-refractivity contribution in [3.63, 3.8) is 0 Å². The highest BCUT2D eigenvalue weighted by atomic mass is 19.1. The first-order valence-electron chi connectivity index (χ1n) is 12.6. The van der Waals surface area contributed by atoms with E-state index in [1.807, 2.05) is 30.3 Å². The number of anilines is 1. The van der Waals surface area contributed by atoms with Crippen molar-refractivity contribution in [2.24, 2.45) is 5.92 Å². The molecule has 2 N–H and O–H groups in total. The van der Waals surface area contributed by atoms with Crippen LogP contribution in [0.5, 0.6) is 0 Å². The highest BCUT2D eigenvalue weighted by molar-refractivity contribution is 5.91. The van der Waals surface area contributed by atoms with Crippen molar-refractivity contribution in [2.75, 3.05) is 31.5 Å². The second-order valence-electron chi connectivity index (χ2n) is 9.44. The summed E-state index contributed by atoms with van der Waals surface area (Å²) in [5, 5.41) is 13.9. The fourth-order valence-corrected chi connectivity index (χ4v) is 4.87. The van der Waals surface area contributed by atoms with Crippen molar-refractivity contribution in [1.29, 1.82) is 0 Å². The lowest BCUT2D eigenvalue weighted by Gasteiger charge is -2.32. The number of carbonyl (C=O) groups is 1. The molecule has 0 saturated carbocycles. The largest absolute Gasteiger partial charge is 0.364 e. The van der Waals surface area contributed by atoms with Crippen LogP contribution in [0.3, 0.4) is 0 Å². The van der Waals surface area contributed by atoms with Crippen molar-refractivity contribution >= 4 is 11.7 Å². The van der Waals surface area contributed by atoms with Gasteiger partial charge in [-0.25, -0.2) is 9.18 Å². The Morgan fingerprint density at radius 1 is 1.00 bits per heavy atom. The maximum absolute atomic E-state index is 13.2. The molecule has 1 saturated heterocycles. The molecule has 2 aromatic heterocycles. The summed E-state index contributed by atoms with van der Waals surface area (Å²) >= 11 is 0. The molecule has 9 heteroatoms. The van der Waals surface area contributed by atoms with Gasteiger partial charge in [-0.15, -0.1) is 0 Å². The number of nitrogens with one attached hydrogen (secondary N) is 2. The van der Waals surface area contributed by atoms with Gasteiger partial charge in [0.25, 0.3) is 0 Å². The van der Waals surface area contributed by atoms with Gasteiger partial charge in [0.2, 0.25) is 0 Å². The molecule has 2 aromatic carbocycles. The monoisotopic (exact) mass is 503 g/mol. The smallest absolute Gasteiger partial charge is 0.319 e. The maximum atomic E-state index is 13.2. The van der Waals surface area contributed by atoms with Gasteiger partial charge in [-0.3, -0.25) is 0 Å². The molecule has 192 valence electrons. The van der Waals surface area contributed by atoms with E-state index in [1.54, 1.807) is 12.1 Å². The van der Waals surface area contributed by atoms with E-state index in [4.69, 9.17) is 9.05 Å². The molecular weight excluding hydrogens is 473 g/mol. The van der Waals surface area contributed by atoms with Crippen molar-refractivity contribution < 1.29 is 18.2 Å². The molecule has 2 amide bonds. The Morgan fingerprint density at radius 3 is 2.35 bits per heavy atom. The predicted octanol–water partition coefficient (Wildman–Crippen LogP) is 5.60. The summed E-state index contributed by atoms with van der Waals surface area (Å²) in [5.41, 5.74) is 4.72. The number of piperidine rings is 1. The zero-order valence-corrected chi connectivity index (χ0v) is 20.5. The molecule has 0 radical (unpaired) electrons. The number of likely N-dealkylation sites (tertiary alicyclic amines) is 1. The lowest BCUT2D eigenvalue weighted by molar-refractivity contribution is 0.172. The quantitative estimate of drug-likeness (QED) is 0.289. The summed E-state index contributed by atoms with van der Waals surface area (Å²) in [6, 6.07) is 15.7. The van der Waals surface area contributed by atoms with Crippen LogP contribution in [0.4, 0.5) is 14.9 Å². The zero-order valence-electron chi connectivity index (χ0n) is 20.5. The topological polar surface area (TPSA) is 96.4 Å². The lowest BCUT2D eigenvalue weighted by atomic mass is 9.91. The van der Waals surface area contributed by atoms with Gasteiger partial charge in [-0.05, 0) is 80.6 Å². The molecule has 0 spiro atoms. The number of hydrogen-bond donors (Lipinski definition) is 2. The molecule has 0 bridgehead atoms. The summed E-state index contributed by atoms with van der Waals surface area (Å²) in [6.45, 7) is 3.61. The molecule has 8 nitrogen and oxygen atoms in total. The average molecular weight is 504 g/mol. The van der Waals surface area contributed by atoms with Crippen molar-refractivity contribution in [1.82, 2.24) is 20.5 Å². The lowest BCUT2D eigenvalue weighted by Crippen LogP contribution is -2.38. The Kier molecular flexibility index (Phi) is 7.90. The normalized spacial score (nSPS) is 16.0. The van der Waals surface area contributed by atoms with Crippen molar-refractivity contribution in [2.45, 2.75) is 25.7 Å². The van der Waals surface area contributed by atoms with Gasteiger partial charge in [-0.2, -0.15) is 0 Å². The number of hydrogen-bond acceptors (Lipinski definition) is 6. The molecule has 1 aliphatic rings. The van der Waals surface area contributed by atoms with Crippen molar-refractivity contribution in [3.05, 3.63) is 78.5 Å². The van der Waals surface area contributed by atoms with E-state index in [2.05, 4.69) is 25.8 Å². The van der Waals surface area contributed by atoms with Crippen LogP contribution in [0.25, 0.3) is 22.5 Å². The van der Waals surface area contributed by atoms with Gasteiger partial charge in [0.05, 0.1) is 0 Å². The first-order valence-corrected chi connectivity index (χ1v) is 12.6. The number of aromatic nitrogens is 2. The summed E-state index contributed by atoms with van der Waals surface area (Å²) in [6.07, 6.45) is 7.20. The second kappa shape index (κ2) is 11.8. The fraction of sp³-hybridized carbons (Fsp3) is 0.321. The third kappa shape index (κ3) is 6.83. The van der Waals surface area contributed by atoms with E-state index in [1.165, 1.54) is 36.6 Å². The summed E-state index contributed by atoms with van der Waals surface area (Å²) in [5.74, 6) is 0.384. The third-order valence-corrected chi connectivity index (χ3v) is 6.64. The predicted molar refractivity (Wildman–Crippen MR) is 138 cm³/mol. The minimum absolute atomic E-state index is 0.191. The van der Waals surface area contributed by atoms with Crippen LogP contribution in [-0.4, -0.2) is 47.4 Å². The van der Waals surface area contributed by atoms with Crippen LogP contribution in [-0.2, 0) is 6.42 Å². The van der Waals surface area contributed by atoms with Crippen LogP contribution in [0.15, 0.2) is 76.2 Å². The van der Waals surface area contributed by atoms with Gasteiger partial charge in [0.15, 0.2) is 0 Å². The molecule has 1 aliphatic heterocycles. The Morgan fingerprint density at radius 2 is 1.70 bits per heavy atom. The summed E-state index contributed by atoms with van der Waals surface area (Å²) in [7, 11) is 0. The Balaban J connectivity index is 1.10. The highest BCUT2D eigenvalue weighted by Crippen LogP contribution is 2.29. The minimum atomic E-state index is -0.267. The average Bonchev–Trinajstić information content (AvgIpc) is 3.63. The van der Waals surface area contributed by atoms with E-state index in [9.17, 15) is 9.18 Å². The minimum Gasteiger partial charge on any atom is -0.364 e. The number of carbonyl (C=O) groups excluding carboxylic acids is 1. The Bertz CT molecular complexity index is 1220. The van der Waals surface area contributed by atoms with Gasteiger partial charge in [0, 0.05) is 42.0 Å². The third-order valence-electron chi connectivity index (χ3n) is 6.64. The molecule has 4 aromatic rings. The first-order chi connectivity index (χ1) is 18.1. The fourth-order valence-electron chi connectivity index (χ4n) is 4.87. The zero-order chi connectivity index (χ0) is 25.5. The SMILES string of the molecule is O=C(NCCCN1CCC[C@@H](Cc2ccc(F)cc2)C1)Nc1cc(-c2ccon2)cc(-c2ccon2)c1. The molecule has 37 heavy (non-hydrogen) atoms. The standard InChI is InChI=1S/C28H30FN5O3/c29-24-6-4-20(5-7-24)15-21-3-1-11-34(19-21)12-2-10-30-28(35)31-25-17-22(26-8-13-36-32-26)16-23(18-25)27-9-14-37-33-27/h4-9,13-14,16-18,21H,1-3,10-12,15,19H2,(H2,30,31,35)/t21-/m0/s1. The molecule has 5 rings (SSSR count). The number of urea groups is 1. The van der Waals surface area contributed by atoms with Crippen LogP contribution in [0.1, 0.15) is 24.8 Å².